The lowest BCUT2D eigenvalue weighted by Gasteiger charge is -2.29. The van der Waals surface area contributed by atoms with Gasteiger partial charge in [-0.15, -0.1) is 0 Å². The first-order valence-electron chi connectivity index (χ1n) is 12.5. The summed E-state index contributed by atoms with van der Waals surface area (Å²) >= 11 is 0. The molecule has 2 aromatic carbocycles. The van der Waals surface area contributed by atoms with Crippen molar-refractivity contribution in [3.8, 4) is 11.5 Å². The fraction of sp³-hybridized carbons (Fsp3) is 0.414. The summed E-state index contributed by atoms with van der Waals surface area (Å²) in [5.74, 6) is -6.81. The molecule has 3 rings (SSSR count). The molecule has 1 saturated carbocycles. The van der Waals surface area contributed by atoms with Crippen LogP contribution in [0, 0.1) is 17.8 Å². The number of benzene rings is 2. The highest BCUT2D eigenvalue weighted by Crippen LogP contribution is 2.30. The summed E-state index contributed by atoms with van der Waals surface area (Å²) in [4.78, 5) is 65.8. The topological polar surface area (TPSA) is 136 Å². The standard InChI is InChI=1S/C29H33NO8/c1-16(2)29(36)38-28-17(3)24(32)27(35)21(30-15-19-11-8-12-23(37-4)25(19)33)14-22(31)26(34)20(28)13-18-9-6-5-7-10-18/h5-12,16-17,20-21,28,30,33H,13-15H2,1-4H3/t17-,20+,21+,28-/m1/s1. The molecule has 0 unspecified atom stereocenters. The van der Waals surface area contributed by atoms with Crippen LogP contribution in [0.5, 0.6) is 11.5 Å². The molecule has 0 aromatic heterocycles. The number of carbonyl (C=O) groups is 5. The predicted molar refractivity (Wildman–Crippen MR) is 137 cm³/mol. The minimum absolute atomic E-state index is 0.0586. The van der Waals surface area contributed by atoms with Crippen LogP contribution < -0.4 is 10.1 Å². The van der Waals surface area contributed by atoms with Gasteiger partial charge in [0.1, 0.15) is 6.10 Å². The smallest absolute Gasteiger partial charge is 0.308 e. The van der Waals surface area contributed by atoms with E-state index in [-0.39, 0.29) is 24.5 Å². The van der Waals surface area contributed by atoms with Gasteiger partial charge in [0.05, 0.1) is 30.9 Å². The number of para-hydroxylation sites is 1. The lowest BCUT2D eigenvalue weighted by Crippen LogP contribution is -2.46. The Kier molecular flexibility index (Phi) is 9.52. The maximum absolute atomic E-state index is 13.5. The second-order valence-electron chi connectivity index (χ2n) is 9.76. The molecule has 202 valence electrons. The molecule has 9 nitrogen and oxygen atoms in total. The van der Waals surface area contributed by atoms with E-state index < -0.39 is 65.4 Å². The SMILES string of the molecule is COc1cccc(CN[C@H]2CC(=O)C(=O)[C@H](Cc3ccccc3)[C@H](OC(=O)C(C)C)[C@H](C)C(=O)C2=O)c1O. The monoisotopic (exact) mass is 523 g/mol. The van der Waals surface area contributed by atoms with E-state index in [4.69, 9.17) is 9.47 Å². The quantitative estimate of drug-likeness (QED) is 0.395. The van der Waals surface area contributed by atoms with E-state index in [1.165, 1.54) is 14.0 Å². The number of nitrogens with one attached hydrogen (secondary N) is 1. The van der Waals surface area contributed by atoms with E-state index in [2.05, 4.69) is 5.32 Å². The lowest BCUT2D eigenvalue weighted by molar-refractivity contribution is -0.163. The molecular formula is C29H33NO8. The Morgan fingerprint density at radius 1 is 1.00 bits per heavy atom. The molecule has 0 amide bonds. The molecule has 2 N–H and O–H groups in total. The maximum atomic E-state index is 13.5. The highest BCUT2D eigenvalue weighted by molar-refractivity contribution is 6.44. The third kappa shape index (κ3) is 6.52. The molecule has 0 radical (unpaired) electrons. The Hall–Kier alpha value is -3.85. The maximum Gasteiger partial charge on any atom is 0.308 e. The van der Waals surface area contributed by atoms with Crippen molar-refractivity contribution in [3.05, 3.63) is 59.7 Å². The van der Waals surface area contributed by atoms with Gasteiger partial charge in [0.15, 0.2) is 11.5 Å². The van der Waals surface area contributed by atoms with Crippen LogP contribution in [0.2, 0.25) is 0 Å². The molecule has 9 heteroatoms. The summed E-state index contributed by atoms with van der Waals surface area (Å²) in [6, 6.07) is 12.4. The van der Waals surface area contributed by atoms with E-state index in [1.807, 2.05) is 0 Å². The number of phenolic OH excluding ortho intramolecular Hbond substituents is 1. The highest BCUT2D eigenvalue weighted by atomic mass is 16.5. The van der Waals surface area contributed by atoms with E-state index >= 15 is 0 Å². The van der Waals surface area contributed by atoms with Gasteiger partial charge in [-0.2, -0.15) is 0 Å². The number of ketones is 4. The van der Waals surface area contributed by atoms with Crippen LogP contribution in [-0.2, 0) is 41.7 Å². The normalized spacial score (nSPS) is 22.6. The van der Waals surface area contributed by atoms with Gasteiger partial charge < -0.3 is 19.9 Å². The molecule has 0 heterocycles. The van der Waals surface area contributed by atoms with Crippen LogP contribution >= 0.6 is 0 Å². The van der Waals surface area contributed by atoms with Crippen LogP contribution in [0.1, 0.15) is 38.3 Å². The second kappa shape index (κ2) is 12.6. The third-order valence-corrected chi connectivity index (χ3v) is 6.73. The largest absolute Gasteiger partial charge is 0.504 e. The fourth-order valence-electron chi connectivity index (χ4n) is 4.43. The van der Waals surface area contributed by atoms with Gasteiger partial charge in [0.25, 0.3) is 0 Å². The minimum atomic E-state index is -1.30. The number of ether oxygens (including phenoxy) is 2. The average molecular weight is 524 g/mol. The number of hydrogen-bond donors (Lipinski definition) is 2. The summed E-state index contributed by atoms with van der Waals surface area (Å²) in [6.07, 6.45) is -1.78. The zero-order valence-electron chi connectivity index (χ0n) is 21.9. The summed E-state index contributed by atoms with van der Waals surface area (Å²) in [5.41, 5.74) is 1.10. The van der Waals surface area contributed by atoms with Crippen molar-refractivity contribution in [2.24, 2.45) is 17.8 Å². The first-order chi connectivity index (χ1) is 18.0. The Morgan fingerprint density at radius 2 is 1.68 bits per heavy atom. The number of rotatable bonds is 8. The predicted octanol–water partition coefficient (Wildman–Crippen LogP) is 2.60. The molecule has 0 bridgehead atoms. The molecule has 0 spiro atoms. The zero-order chi connectivity index (χ0) is 28.0. The van der Waals surface area contributed by atoms with Gasteiger partial charge in [-0.3, -0.25) is 24.0 Å². The molecule has 1 aliphatic rings. The fourth-order valence-corrected chi connectivity index (χ4v) is 4.43. The Morgan fingerprint density at radius 3 is 2.32 bits per heavy atom. The van der Waals surface area contributed by atoms with Crippen molar-refractivity contribution in [2.75, 3.05) is 7.11 Å². The van der Waals surface area contributed by atoms with Crippen LogP contribution in [0.3, 0.4) is 0 Å². The van der Waals surface area contributed by atoms with Crippen LogP contribution in [0.15, 0.2) is 48.5 Å². The average Bonchev–Trinajstić information content (AvgIpc) is 2.93. The van der Waals surface area contributed by atoms with Crippen LogP contribution in [0.25, 0.3) is 0 Å². The molecule has 0 aliphatic heterocycles. The first kappa shape index (κ1) is 28.7. The van der Waals surface area contributed by atoms with Gasteiger partial charge in [-0.1, -0.05) is 63.2 Å². The highest BCUT2D eigenvalue weighted by Gasteiger charge is 2.46. The van der Waals surface area contributed by atoms with E-state index in [9.17, 15) is 29.1 Å². The minimum Gasteiger partial charge on any atom is -0.504 e. The third-order valence-electron chi connectivity index (χ3n) is 6.73. The molecule has 1 fully saturated rings. The number of methoxy groups -OCH3 is 1. The van der Waals surface area contributed by atoms with Gasteiger partial charge in [-0.05, 0) is 18.1 Å². The molecule has 38 heavy (non-hydrogen) atoms. The second-order valence-corrected chi connectivity index (χ2v) is 9.76. The van der Waals surface area contributed by atoms with Crippen molar-refractivity contribution in [2.45, 2.75) is 52.3 Å². The number of esters is 1. The number of carbonyl (C=O) groups excluding carboxylic acids is 5. The summed E-state index contributed by atoms with van der Waals surface area (Å²) in [7, 11) is 1.40. The first-order valence-corrected chi connectivity index (χ1v) is 12.5. The number of aromatic hydroxyl groups is 1. The summed E-state index contributed by atoms with van der Waals surface area (Å²) < 4.78 is 10.7. The molecule has 2 aromatic rings. The van der Waals surface area contributed by atoms with Crippen molar-refractivity contribution in [3.63, 3.8) is 0 Å². The van der Waals surface area contributed by atoms with E-state index in [0.717, 1.165) is 5.56 Å². The van der Waals surface area contributed by atoms with Gasteiger partial charge in [0.2, 0.25) is 23.1 Å². The van der Waals surface area contributed by atoms with E-state index in [0.29, 0.717) is 5.56 Å². The van der Waals surface area contributed by atoms with Crippen molar-refractivity contribution >= 4 is 29.1 Å². The van der Waals surface area contributed by atoms with Crippen molar-refractivity contribution in [1.29, 1.82) is 0 Å². The Balaban J connectivity index is 1.95. The number of Topliss-reactive ketones (excluding diaryl/α,β-unsaturated/α-hetero) is 4. The van der Waals surface area contributed by atoms with Crippen LogP contribution in [-0.4, -0.2) is 53.5 Å². The summed E-state index contributed by atoms with van der Waals surface area (Å²) in [5, 5.41) is 13.2. The molecule has 1 aliphatic carbocycles. The molecular weight excluding hydrogens is 490 g/mol. The lowest BCUT2D eigenvalue weighted by atomic mass is 9.81. The van der Waals surface area contributed by atoms with Gasteiger partial charge in [-0.25, -0.2) is 0 Å². The summed E-state index contributed by atoms with van der Waals surface area (Å²) in [6.45, 7) is 4.59. The number of hydrogen-bond acceptors (Lipinski definition) is 9. The Labute approximate surface area is 221 Å². The molecule has 4 atom stereocenters. The Bertz CT molecular complexity index is 1210. The molecule has 0 saturated heterocycles. The van der Waals surface area contributed by atoms with Crippen LogP contribution in [0.4, 0.5) is 0 Å². The van der Waals surface area contributed by atoms with E-state index in [1.54, 1.807) is 62.4 Å². The zero-order valence-corrected chi connectivity index (χ0v) is 21.9. The van der Waals surface area contributed by atoms with Gasteiger partial charge in [0, 0.05) is 18.5 Å². The van der Waals surface area contributed by atoms with Crippen molar-refractivity contribution < 1.29 is 38.6 Å². The van der Waals surface area contributed by atoms with Crippen molar-refractivity contribution in [1.82, 2.24) is 5.32 Å². The number of phenols is 1. The van der Waals surface area contributed by atoms with Gasteiger partial charge >= 0.3 is 5.97 Å².